The van der Waals surface area contributed by atoms with Crippen molar-refractivity contribution in [2.24, 2.45) is 7.05 Å². The molecule has 5 nitrogen and oxygen atoms in total. The minimum absolute atomic E-state index is 0.0852. The number of aryl methyl sites for hydroxylation is 1. The molecule has 3 aromatic rings. The van der Waals surface area contributed by atoms with Crippen LogP contribution in [0.2, 0.25) is 0 Å². The molecule has 146 valence electrons. The molecular weight excluding hydrogens is 383 g/mol. The average molecular weight is 396 g/mol. The molecule has 1 amide bonds. The molecule has 2 N–H and O–H groups in total. The maximum atomic E-state index is 13.4. The first-order valence-corrected chi connectivity index (χ1v) is 7.89. The van der Waals surface area contributed by atoms with Crippen LogP contribution in [0.15, 0.2) is 48.5 Å². The maximum Gasteiger partial charge on any atom is 0.435 e. The van der Waals surface area contributed by atoms with Crippen molar-refractivity contribution in [2.45, 2.75) is 6.18 Å². The van der Waals surface area contributed by atoms with Gasteiger partial charge in [0, 0.05) is 24.9 Å². The normalized spacial score (nSPS) is 11.4. The fourth-order valence-electron chi connectivity index (χ4n) is 2.43. The lowest BCUT2D eigenvalue weighted by molar-refractivity contribution is -0.141. The van der Waals surface area contributed by atoms with E-state index in [0.29, 0.717) is 6.07 Å². The quantitative estimate of drug-likeness (QED) is 0.628. The van der Waals surface area contributed by atoms with Gasteiger partial charge in [-0.25, -0.2) is 8.78 Å². The number of hydrogen-bond donors (Lipinski definition) is 2. The number of hydrogen-bond acceptors (Lipinski definition) is 3. The van der Waals surface area contributed by atoms with Crippen LogP contribution in [0.25, 0.3) is 0 Å². The predicted octanol–water partition coefficient (Wildman–Crippen LogP) is 4.71. The number of anilines is 3. The smallest absolute Gasteiger partial charge is 0.355 e. The summed E-state index contributed by atoms with van der Waals surface area (Å²) in [4.78, 5) is 12.5. The van der Waals surface area contributed by atoms with E-state index in [0.717, 1.165) is 16.8 Å². The molecule has 1 heterocycles. The van der Waals surface area contributed by atoms with E-state index in [1.165, 1.54) is 25.2 Å². The van der Waals surface area contributed by atoms with Gasteiger partial charge in [-0.2, -0.15) is 18.3 Å². The molecule has 0 saturated heterocycles. The van der Waals surface area contributed by atoms with E-state index in [-0.39, 0.29) is 22.8 Å². The SMILES string of the molecule is Cn1nc(C(F)(F)F)cc1NC(=O)c1ccccc1Nc1ccc(F)c(F)c1. The van der Waals surface area contributed by atoms with Gasteiger partial charge in [-0.1, -0.05) is 12.1 Å². The highest BCUT2D eigenvalue weighted by molar-refractivity contribution is 6.08. The lowest BCUT2D eigenvalue weighted by atomic mass is 10.1. The van der Waals surface area contributed by atoms with Gasteiger partial charge >= 0.3 is 6.18 Å². The van der Waals surface area contributed by atoms with E-state index < -0.39 is 29.4 Å². The first kappa shape index (κ1) is 19.3. The minimum Gasteiger partial charge on any atom is -0.355 e. The number of alkyl halides is 3. The van der Waals surface area contributed by atoms with Crippen molar-refractivity contribution in [3.63, 3.8) is 0 Å². The molecule has 0 aliphatic rings. The van der Waals surface area contributed by atoms with Crippen LogP contribution < -0.4 is 10.6 Å². The number of carbonyl (C=O) groups is 1. The predicted molar refractivity (Wildman–Crippen MR) is 92.2 cm³/mol. The third-order valence-corrected chi connectivity index (χ3v) is 3.78. The zero-order valence-corrected chi connectivity index (χ0v) is 14.3. The van der Waals surface area contributed by atoms with Crippen LogP contribution in [-0.4, -0.2) is 15.7 Å². The monoisotopic (exact) mass is 396 g/mol. The number of para-hydroxylation sites is 1. The Morgan fingerprint density at radius 3 is 2.39 bits per heavy atom. The van der Waals surface area contributed by atoms with E-state index in [1.807, 2.05) is 0 Å². The van der Waals surface area contributed by atoms with Crippen molar-refractivity contribution in [1.29, 1.82) is 0 Å². The number of carbonyl (C=O) groups excluding carboxylic acids is 1. The molecule has 0 unspecified atom stereocenters. The minimum atomic E-state index is -4.65. The van der Waals surface area contributed by atoms with Gasteiger partial charge in [0.1, 0.15) is 5.82 Å². The second kappa shape index (κ2) is 7.29. The number of aromatic nitrogens is 2. The number of nitrogens with one attached hydrogen (secondary N) is 2. The van der Waals surface area contributed by atoms with E-state index in [4.69, 9.17) is 0 Å². The molecule has 0 atom stereocenters. The zero-order valence-electron chi connectivity index (χ0n) is 14.3. The summed E-state index contributed by atoms with van der Waals surface area (Å²) in [6, 6.07) is 9.93. The van der Waals surface area contributed by atoms with Gasteiger partial charge in [0.05, 0.1) is 11.3 Å². The molecular formula is C18H13F5N4O. The summed E-state index contributed by atoms with van der Waals surface area (Å²) < 4.78 is 65.6. The molecule has 0 radical (unpaired) electrons. The van der Waals surface area contributed by atoms with Crippen LogP contribution in [0.3, 0.4) is 0 Å². The Labute approximate surface area is 155 Å². The molecule has 10 heteroatoms. The third-order valence-electron chi connectivity index (χ3n) is 3.78. The van der Waals surface area contributed by atoms with Crippen LogP contribution in [0.4, 0.5) is 39.1 Å². The standard InChI is InChI=1S/C18H13F5N4O/c1-27-16(9-15(26-27)18(21,22)23)25-17(28)11-4-2-3-5-14(11)24-10-6-7-12(19)13(20)8-10/h2-9,24H,1H3,(H,25,28). The summed E-state index contributed by atoms with van der Waals surface area (Å²) in [7, 11) is 1.26. The van der Waals surface area contributed by atoms with Gasteiger partial charge in [0.15, 0.2) is 17.3 Å². The number of benzene rings is 2. The van der Waals surface area contributed by atoms with Crippen molar-refractivity contribution in [2.75, 3.05) is 10.6 Å². The molecule has 0 aliphatic carbocycles. The number of amides is 1. The zero-order chi connectivity index (χ0) is 20.5. The average Bonchev–Trinajstić information content (AvgIpc) is 2.99. The van der Waals surface area contributed by atoms with Crippen LogP contribution in [0.1, 0.15) is 16.1 Å². The molecule has 1 aromatic heterocycles. The Hall–Kier alpha value is -3.43. The number of rotatable bonds is 4. The molecule has 0 fully saturated rings. The van der Waals surface area contributed by atoms with Crippen LogP contribution >= 0.6 is 0 Å². The van der Waals surface area contributed by atoms with Crippen molar-refractivity contribution >= 4 is 23.1 Å². The van der Waals surface area contributed by atoms with E-state index in [1.54, 1.807) is 12.1 Å². The van der Waals surface area contributed by atoms with Crippen LogP contribution in [0, 0.1) is 11.6 Å². The Kier molecular flexibility index (Phi) is 5.04. The molecule has 2 aromatic carbocycles. The van der Waals surface area contributed by atoms with E-state index >= 15 is 0 Å². The molecule has 0 saturated carbocycles. The summed E-state index contributed by atoms with van der Waals surface area (Å²) in [6.07, 6.45) is -4.65. The highest BCUT2D eigenvalue weighted by atomic mass is 19.4. The van der Waals surface area contributed by atoms with Gasteiger partial charge in [-0.05, 0) is 24.3 Å². The summed E-state index contributed by atoms with van der Waals surface area (Å²) in [5.74, 6) is -2.95. The third kappa shape index (κ3) is 4.11. The van der Waals surface area contributed by atoms with Crippen LogP contribution in [0.5, 0.6) is 0 Å². The number of halogens is 5. The molecule has 3 rings (SSSR count). The Morgan fingerprint density at radius 2 is 1.75 bits per heavy atom. The topological polar surface area (TPSA) is 59.0 Å². The van der Waals surface area contributed by atoms with Gasteiger partial charge in [-0.15, -0.1) is 0 Å². The highest BCUT2D eigenvalue weighted by Crippen LogP contribution is 2.30. The van der Waals surface area contributed by atoms with E-state index in [2.05, 4.69) is 15.7 Å². The van der Waals surface area contributed by atoms with Crippen molar-refractivity contribution in [1.82, 2.24) is 9.78 Å². The lowest BCUT2D eigenvalue weighted by Gasteiger charge is -2.12. The molecule has 0 aliphatic heterocycles. The summed E-state index contributed by atoms with van der Waals surface area (Å²) in [5.41, 5.74) is -0.608. The van der Waals surface area contributed by atoms with Gasteiger partial charge in [-0.3, -0.25) is 9.48 Å². The van der Waals surface area contributed by atoms with Crippen molar-refractivity contribution in [3.05, 3.63) is 71.4 Å². The molecule has 0 bridgehead atoms. The molecule has 28 heavy (non-hydrogen) atoms. The van der Waals surface area contributed by atoms with Crippen molar-refractivity contribution < 1.29 is 26.7 Å². The summed E-state index contributed by atoms with van der Waals surface area (Å²) in [6.45, 7) is 0. The van der Waals surface area contributed by atoms with Gasteiger partial charge < -0.3 is 10.6 Å². The Bertz CT molecular complexity index is 1030. The summed E-state index contributed by atoms with van der Waals surface area (Å²) >= 11 is 0. The first-order chi connectivity index (χ1) is 13.1. The maximum absolute atomic E-state index is 13.4. The van der Waals surface area contributed by atoms with Crippen LogP contribution in [-0.2, 0) is 13.2 Å². The summed E-state index contributed by atoms with van der Waals surface area (Å²) in [5, 5.41) is 8.46. The fraction of sp³-hybridized carbons (Fsp3) is 0.111. The fourth-order valence-corrected chi connectivity index (χ4v) is 2.43. The van der Waals surface area contributed by atoms with E-state index in [9.17, 15) is 26.7 Å². The Morgan fingerprint density at radius 1 is 1.04 bits per heavy atom. The lowest BCUT2D eigenvalue weighted by Crippen LogP contribution is -2.16. The second-order valence-electron chi connectivity index (χ2n) is 5.79. The number of nitrogens with zero attached hydrogens (tertiary/aromatic N) is 2. The molecule has 0 spiro atoms. The van der Waals surface area contributed by atoms with Gasteiger partial charge in [0.25, 0.3) is 5.91 Å². The second-order valence-corrected chi connectivity index (χ2v) is 5.79. The first-order valence-electron chi connectivity index (χ1n) is 7.89. The highest BCUT2D eigenvalue weighted by Gasteiger charge is 2.34. The van der Waals surface area contributed by atoms with Gasteiger partial charge in [0.2, 0.25) is 0 Å². The Balaban J connectivity index is 1.85. The van der Waals surface area contributed by atoms with Crippen molar-refractivity contribution in [3.8, 4) is 0 Å². The largest absolute Gasteiger partial charge is 0.435 e.